The summed E-state index contributed by atoms with van der Waals surface area (Å²) in [6.45, 7) is 2.93. The maximum Gasteiger partial charge on any atom is 0.332 e. The van der Waals surface area contributed by atoms with Gasteiger partial charge >= 0.3 is 18.1 Å². The van der Waals surface area contributed by atoms with E-state index in [1.807, 2.05) is 6.34 Å². The maximum atomic E-state index is 13.0. The predicted molar refractivity (Wildman–Crippen MR) is 149 cm³/mol. The van der Waals surface area contributed by atoms with Crippen LogP contribution in [0, 0.1) is 0 Å². The number of amides is 3. The highest BCUT2D eigenvalue weighted by Crippen LogP contribution is 2.19. The monoisotopic (exact) mass is 551 g/mol. The van der Waals surface area contributed by atoms with Crippen molar-refractivity contribution in [2.75, 3.05) is 62.9 Å². The van der Waals surface area contributed by atoms with E-state index in [-0.39, 0.29) is 42.9 Å². The first-order chi connectivity index (χ1) is 16.7. The average Bonchev–Trinajstić information content (AvgIpc) is 3.67. The van der Waals surface area contributed by atoms with Crippen molar-refractivity contribution < 1.29 is 14.4 Å². The van der Waals surface area contributed by atoms with Gasteiger partial charge in [-0.1, -0.05) is 0 Å². The molecule has 3 aromatic heterocycles. The molecule has 2 N–H and O–H groups in total. The molecular formula is C23H31Cl2N9O3. The van der Waals surface area contributed by atoms with Gasteiger partial charge in [0, 0.05) is 83.6 Å². The molecule has 0 fully saturated rings. The molecule has 4 rings (SSSR count). The number of halogens is 2. The topological polar surface area (TPSA) is 117 Å². The molecule has 0 radical (unpaired) electrons. The summed E-state index contributed by atoms with van der Waals surface area (Å²) >= 11 is 0. The summed E-state index contributed by atoms with van der Waals surface area (Å²) in [5, 5.41) is 0. The molecule has 0 atom stereocenters. The fourth-order valence-corrected chi connectivity index (χ4v) is 3.66. The summed E-state index contributed by atoms with van der Waals surface area (Å²) in [5.41, 5.74) is 7.28. The van der Waals surface area contributed by atoms with E-state index in [1.54, 1.807) is 75.2 Å². The van der Waals surface area contributed by atoms with Crippen molar-refractivity contribution in [3.05, 3.63) is 55.4 Å². The molecule has 0 aromatic carbocycles. The summed E-state index contributed by atoms with van der Waals surface area (Å²) in [6.07, 6.45) is 11.3. The number of nitrogen functional groups attached to an aromatic ring is 1. The minimum absolute atomic E-state index is 0. The number of hydrogen-bond donors (Lipinski definition) is 1. The zero-order chi connectivity index (χ0) is 25.1. The third-order valence-electron chi connectivity index (χ3n) is 5.89. The number of rotatable bonds is 5. The molecule has 0 unspecified atom stereocenters. The van der Waals surface area contributed by atoms with Gasteiger partial charge in [-0.25, -0.2) is 14.4 Å². The van der Waals surface area contributed by atoms with Crippen LogP contribution in [0.1, 0.15) is 0 Å². The van der Waals surface area contributed by atoms with Crippen molar-refractivity contribution in [3.8, 4) is 0 Å². The van der Waals surface area contributed by atoms with Crippen molar-refractivity contribution in [3.63, 3.8) is 0 Å². The van der Waals surface area contributed by atoms with Crippen LogP contribution >= 0.6 is 24.8 Å². The molecule has 3 amide bonds. The van der Waals surface area contributed by atoms with Crippen LogP contribution in [0.2, 0.25) is 0 Å². The van der Waals surface area contributed by atoms with E-state index in [4.69, 9.17) is 5.73 Å². The van der Waals surface area contributed by atoms with Crippen LogP contribution < -0.4 is 15.5 Å². The largest absolute Gasteiger partial charge is 0.397 e. The third kappa shape index (κ3) is 6.46. The van der Waals surface area contributed by atoms with Gasteiger partial charge in [-0.15, -0.1) is 24.8 Å². The Hall–Kier alpha value is -3.90. The number of carbonyl (C=O) groups is 3. The molecule has 12 nitrogen and oxygen atoms in total. The molecule has 1 aliphatic rings. The smallest absolute Gasteiger partial charge is 0.332 e. The van der Waals surface area contributed by atoms with Gasteiger partial charge in [0.15, 0.2) is 0 Å². The lowest BCUT2D eigenvalue weighted by Crippen LogP contribution is -2.37. The fraction of sp³-hybridized carbons (Fsp3) is 0.304. The first-order valence-corrected chi connectivity index (χ1v) is 11.1. The number of aromatic nitrogens is 3. The van der Waals surface area contributed by atoms with Crippen molar-refractivity contribution in [2.45, 2.75) is 0 Å². The molecule has 0 saturated carbocycles. The molecule has 200 valence electrons. The zero-order valence-electron chi connectivity index (χ0n) is 20.8. The lowest BCUT2D eigenvalue weighted by Gasteiger charge is -2.21. The Labute approximate surface area is 227 Å². The molecular weight excluding hydrogens is 521 g/mol. The summed E-state index contributed by atoms with van der Waals surface area (Å²) in [7, 11) is 4.98. The molecule has 0 aliphatic carbocycles. The number of nitrogens with two attached hydrogens (primary N) is 1. The van der Waals surface area contributed by atoms with Crippen LogP contribution in [0.15, 0.2) is 60.4 Å². The second kappa shape index (κ2) is 12.4. The SMILES string of the molecule is CN(CCN1C=NCC1)C(=O)n1ccc(N(C)C(=O)n2ccc(N(C)C(=O)n3ccc(N)c3)c2)c1.Cl.Cl. The highest BCUT2D eigenvalue weighted by molar-refractivity contribution is 5.96. The van der Waals surface area contributed by atoms with Gasteiger partial charge in [0.2, 0.25) is 0 Å². The summed E-state index contributed by atoms with van der Waals surface area (Å²) in [5.74, 6) is 0. The third-order valence-corrected chi connectivity index (χ3v) is 5.89. The first kappa shape index (κ1) is 29.3. The van der Waals surface area contributed by atoms with Gasteiger partial charge in [0.05, 0.1) is 24.3 Å². The number of anilines is 3. The molecule has 4 heterocycles. The first-order valence-electron chi connectivity index (χ1n) is 11.1. The molecule has 0 spiro atoms. The van der Waals surface area contributed by atoms with E-state index in [9.17, 15) is 14.4 Å². The summed E-state index contributed by atoms with van der Waals surface area (Å²) in [6, 6.07) is 4.17. The molecule has 14 heteroatoms. The highest BCUT2D eigenvalue weighted by Gasteiger charge is 2.20. The van der Waals surface area contributed by atoms with Crippen LogP contribution in [0.4, 0.5) is 31.4 Å². The van der Waals surface area contributed by atoms with Crippen LogP contribution in [0.25, 0.3) is 0 Å². The van der Waals surface area contributed by atoms with E-state index in [2.05, 4.69) is 9.89 Å². The molecule has 0 saturated heterocycles. The highest BCUT2D eigenvalue weighted by atomic mass is 35.5. The Bertz CT molecular complexity index is 1270. The van der Waals surface area contributed by atoms with Gasteiger partial charge in [-0.05, 0) is 18.2 Å². The van der Waals surface area contributed by atoms with E-state index in [0.717, 1.165) is 13.1 Å². The summed E-state index contributed by atoms with van der Waals surface area (Å²) in [4.78, 5) is 49.1. The number of nitrogens with zero attached hydrogens (tertiary/aromatic N) is 8. The van der Waals surface area contributed by atoms with Gasteiger partial charge in [0.25, 0.3) is 0 Å². The minimum atomic E-state index is -0.339. The lowest BCUT2D eigenvalue weighted by atomic mass is 10.5. The van der Waals surface area contributed by atoms with Crippen molar-refractivity contribution in [1.29, 1.82) is 0 Å². The molecule has 37 heavy (non-hydrogen) atoms. The average molecular weight is 552 g/mol. The zero-order valence-corrected chi connectivity index (χ0v) is 22.4. The quantitative estimate of drug-likeness (QED) is 0.523. The van der Waals surface area contributed by atoms with Crippen LogP contribution in [-0.4, -0.2) is 95.3 Å². The Balaban J connectivity index is 0.00000241. The second-order valence-electron chi connectivity index (χ2n) is 8.35. The Kier molecular flexibility index (Phi) is 9.81. The Morgan fingerprint density at radius 1 is 0.838 bits per heavy atom. The lowest BCUT2D eigenvalue weighted by molar-refractivity contribution is 0.207. The van der Waals surface area contributed by atoms with Crippen molar-refractivity contribution in [2.24, 2.45) is 4.99 Å². The Morgan fingerprint density at radius 2 is 1.35 bits per heavy atom. The minimum Gasteiger partial charge on any atom is -0.397 e. The van der Waals surface area contributed by atoms with Crippen LogP contribution in [0.3, 0.4) is 0 Å². The number of hydrogen-bond acceptors (Lipinski definition) is 6. The van der Waals surface area contributed by atoms with Gasteiger partial charge < -0.3 is 15.5 Å². The molecule has 1 aliphatic heterocycles. The van der Waals surface area contributed by atoms with Gasteiger partial charge in [-0.2, -0.15) is 0 Å². The van der Waals surface area contributed by atoms with Gasteiger partial charge in [-0.3, -0.25) is 28.5 Å². The van der Waals surface area contributed by atoms with E-state index < -0.39 is 0 Å². The van der Waals surface area contributed by atoms with Crippen molar-refractivity contribution in [1.82, 2.24) is 23.5 Å². The Morgan fingerprint density at radius 3 is 1.84 bits per heavy atom. The van der Waals surface area contributed by atoms with E-state index in [0.29, 0.717) is 30.2 Å². The van der Waals surface area contributed by atoms with Crippen molar-refractivity contribution >= 4 is 66.3 Å². The van der Waals surface area contributed by atoms with Crippen LogP contribution in [-0.2, 0) is 0 Å². The molecule has 0 bridgehead atoms. The van der Waals surface area contributed by atoms with Gasteiger partial charge in [0.1, 0.15) is 0 Å². The normalized spacial score (nSPS) is 12.0. The second-order valence-corrected chi connectivity index (χ2v) is 8.35. The standard InChI is InChI=1S/C23H29N9O3.2ClH/c1-26(12-13-29-11-7-25-17-29)21(33)31-9-5-19(15-31)28(3)23(35)32-10-6-20(16-32)27(2)22(34)30-8-4-18(24)14-30;;/h4-6,8-10,14-17H,7,11-13,24H2,1-3H3;2*1H. The number of carbonyl (C=O) groups excluding carboxylic acids is 3. The maximum absolute atomic E-state index is 13.0. The van der Waals surface area contributed by atoms with Crippen LogP contribution in [0.5, 0.6) is 0 Å². The number of aliphatic imine (C=N–C) groups is 1. The molecule has 3 aromatic rings. The predicted octanol–water partition coefficient (Wildman–Crippen LogP) is 2.97. The number of likely N-dealkylation sites (N-methyl/N-ethyl adjacent to an activating group) is 1. The fourth-order valence-electron chi connectivity index (χ4n) is 3.66. The van der Waals surface area contributed by atoms with E-state index in [1.165, 1.54) is 29.7 Å². The summed E-state index contributed by atoms with van der Waals surface area (Å²) < 4.78 is 4.20. The van der Waals surface area contributed by atoms with E-state index >= 15 is 0 Å².